The molecule has 0 aromatic heterocycles. The van der Waals surface area contributed by atoms with E-state index in [1.165, 1.54) is 28.6 Å². The lowest BCUT2D eigenvalue weighted by Gasteiger charge is -2.31. The van der Waals surface area contributed by atoms with Crippen LogP contribution in [0.5, 0.6) is 11.5 Å². The minimum atomic E-state index is -3.66. The number of rotatable bonds is 15. The molecule has 0 spiro atoms. The van der Waals surface area contributed by atoms with E-state index < -0.39 is 16.1 Å². The summed E-state index contributed by atoms with van der Waals surface area (Å²) < 4.78 is 43.8. The Morgan fingerprint density at radius 2 is 1.56 bits per heavy atom. The topological polar surface area (TPSA) is 114 Å². The number of carbonyl (C=O) groups excluding carboxylic acids is 2. The molecular weight excluding hydrogens is 594 g/mol. The van der Waals surface area contributed by atoms with Crippen LogP contribution < -0.4 is 14.8 Å². The van der Waals surface area contributed by atoms with Gasteiger partial charge in [-0.15, -0.1) is 0 Å². The predicted octanol–water partition coefficient (Wildman–Crippen LogP) is 3.90. The molecule has 3 aromatic rings. The number of hydrogen-bond donors (Lipinski definition) is 1. The molecule has 1 atom stereocenters. The quantitative estimate of drug-likeness (QED) is 0.269. The number of nitrogens with one attached hydrogen (secondary N) is 1. The molecule has 1 heterocycles. The molecule has 1 N–H and O–H groups in total. The summed E-state index contributed by atoms with van der Waals surface area (Å²) in [5, 5.41) is 3.03. The molecule has 1 aliphatic rings. The average molecular weight is 638 g/mol. The third-order valence-corrected chi connectivity index (χ3v) is 9.51. The van der Waals surface area contributed by atoms with Gasteiger partial charge in [0.05, 0.1) is 25.2 Å². The third-order valence-electron chi connectivity index (χ3n) is 7.60. The van der Waals surface area contributed by atoms with Crippen molar-refractivity contribution in [2.75, 3.05) is 46.6 Å². The predicted molar refractivity (Wildman–Crippen MR) is 171 cm³/mol. The van der Waals surface area contributed by atoms with Crippen LogP contribution >= 0.6 is 0 Å². The standard InChI is InChI=1S/C34H43N3O7S/c1-26(2)17-18-35-34(39)32(23-27-7-5-4-6-8-27)37(24-28-9-11-29(42-3)12-10-28)33(38)25-44-30-13-15-31(16-14-30)45(40,41)36-19-21-43-22-20-36/h4-16,26,32H,17-25H2,1-3H3,(H,35,39). The van der Waals surface area contributed by atoms with Gasteiger partial charge in [-0.2, -0.15) is 4.31 Å². The molecule has 11 heteroatoms. The fraction of sp³-hybridized carbons (Fsp3) is 0.412. The van der Waals surface area contributed by atoms with Crippen LogP contribution in [0.15, 0.2) is 83.8 Å². The molecule has 0 aliphatic carbocycles. The van der Waals surface area contributed by atoms with E-state index in [1.807, 2.05) is 54.6 Å². The fourth-order valence-electron chi connectivity index (χ4n) is 4.96. The van der Waals surface area contributed by atoms with Gasteiger partial charge < -0.3 is 24.4 Å². The maximum atomic E-state index is 13.9. The van der Waals surface area contributed by atoms with E-state index >= 15 is 0 Å². The van der Waals surface area contributed by atoms with E-state index in [0.29, 0.717) is 56.7 Å². The van der Waals surface area contributed by atoms with Crippen molar-refractivity contribution >= 4 is 21.8 Å². The summed E-state index contributed by atoms with van der Waals surface area (Å²) in [4.78, 5) is 29.2. The van der Waals surface area contributed by atoms with Gasteiger partial charge in [0.25, 0.3) is 5.91 Å². The first-order chi connectivity index (χ1) is 21.7. The molecule has 0 bridgehead atoms. The van der Waals surface area contributed by atoms with E-state index in [-0.39, 0.29) is 29.9 Å². The van der Waals surface area contributed by atoms with Crippen molar-refractivity contribution in [3.63, 3.8) is 0 Å². The summed E-state index contributed by atoms with van der Waals surface area (Å²) in [5.74, 6) is 0.828. The number of morpholine rings is 1. The highest BCUT2D eigenvalue weighted by Gasteiger charge is 2.31. The number of ether oxygens (including phenoxy) is 3. The number of methoxy groups -OCH3 is 1. The van der Waals surface area contributed by atoms with Crippen LogP contribution in [0.1, 0.15) is 31.4 Å². The first kappa shape index (κ1) is 34.0. The fourth-order valence-corrected chi connectivity index (χ4v) is 6.36. The largest absolute Gasteiger partial charge is 0.497 e. The molecule has 10 nitrogen and oxygen atoms in total. The monoisotopic (exact) mass is 637 g/mol. The van der Waals surface area contributed by atoms with Gasteiger partial charge in [-0.25, -0.2) is 8.42 Å². The minimum absolute atomic E-state index is 0.144. The molecule has 1 saturated heterocycles. The molecule has 242 valence electrons. The van der Waals surface area contributed by atoms with Gasteiger partial charge in [-0.3, -0.25) is 9.59 Å². The van der Waals surface area contributed by atoms with E-state index in [1.54, 1.807) is 12.0 Å². The summed E-state index contributed by atoms with van der Waals surface area (Å²) in [6.45, 7) is 5.84. The second kappa shape index (κ2) is 16.4. The molecule has 2 amide bonds. The van der Waals surface area contributed by atoms with Crippen LogP contribution in [0.25, 0.3) is 0 Å². The van der Waals surface area contributed by atoms with Crippen LogP contribution in [-0.2, 0) is 37.3 Å². The first-order valence-electron chi connectivity index (χ1n) is 15.2. The van der Waals surface area contributed by atoms with Crippen LogP contribution in [0, 0.1) is 5.92 Å². The van der Waals surface area contributed by atoms with Crippen molar-refractivity contribution in [3.05, 3.63) is 90.0 Å². The molecule has 0 radical (unpaired) electrons. The number of nitrogens with zero attached hydrogens (tertiary/aromatic N) is 2. The first-order valence-corrected chi connectivity index (χ1v) is 16.7. The summed E-state index contributed by atoms with van der Waals surface area (Å²) in [7, 11) is -2.07. The van der Waals surface area contributed by atoms with E-state index in [0.717, 1.165) is 17.5 Å². The number of benzene rings is 3. The summed E-state index contributed by atoms with van der Waals surface area (Å²) in [6, 6.07) is 22.2. The third kappa shape index (κ3) is 9.78. The number of hydrogen-bond acceptors (Lipinski definition) is 7. The summed E-state index contributed by atoms with van der Waals surface area (Å²) >= 11 is 0. The normalized spacial score (nSPS) is 14.5. The van der Waals surface area contributed by atoms with Gasteiger partial charge in [-0.1, -0.05) is 56.3 Å². The zero-order valence-electron chi connectivity index (χ0n) is 26.2. The zero-order chi connectivity index (χ0) is 32.2. The maximum absolute atomic E-state index is 13.9. The van der Waals surface area contributed by atoms with Gasteiger partial charge in [0.1, 0.15) is 17.5 Å². The molecule has 1 unspecified atom stereocenters. The van der Waals surface area contributed by atoms with Crippen LogP contribution in [0.3, 0.4) is 0 Å². The molecule has 1 fully saturated rings. The number of carbonyl (C=O) groups is 2. The Kier molecular flexibility index (Phi) is 12.4. The average Bonchev–Trinajstić information content (AvgIpc) is 3.06. The van der Waals surface area contributed by atoms with Crippen molar-refractivity contribution in [2.45, 2.75) is 44.2 Å². The summed E-state index contributed by atoms with van der Waals surface area (Å²) in [5.41, 5.74) is 1.75. The highest BCUT2D eigenvalue weighted by molar-refractivity contribution is 7.89. The molecule has 0 saturated carbocycles. The Hall–Kier alpha value is -3.93. The van der Waals surface area contributed by atoms with Gasteiger partial charge in [0.15, 0.2) is 6.61 Å². The minimum Gasteiger partial charge on any atom is -0.497 e. The maximum Gasteiger partial charge on any atom is 0.261 e. The second-order valence-electron chi connectivity index (χ2n) is 11.3. The molecule has 1 aliphatic heterocycles. The Bertz CT molecular complexity index is 1470. The number of sulfonamides is 1. The van der Waals surface area contributed by atoms with Gasteiger partial charge in [0, 0.05) is 32.6 Å². The smallest absolute Gasteiger partial charge is 0.261 e. The van der Waals surface area contributed by atoms with Crippen molar-refractivity contribution in [1.82, 2.24) is 14.5 Å². The SMILES string of the molecule is COc1ccc(CN(C(=O)COc2ccc(S(=O)(=O)N3CCOCC3)cc2)C(Cc2ccccc2)C(=O)NCCC(C)C)cc1. The van der Waals surface area contributed by atoms with Crippen LogP contribution in [0.4, 0.5) is 0 Å². The van der Waals surface area contributed by atoms with Gasteiger partial charge in [0.2, 0.25) is 15.9 Å². The lowest BCUT2D eigenvalue weighted by atomic mass is 10.0. The lowest BCUT2D eigenvalue weighted by Crippen LogP contribution is -2.52. The van der Waals surface area contributed by atoms with Gasteiger partial charge in [-0.05, 0) is 59.9 Å². The van der Waals surface area contributed by atoms with E-state index in [4.69, 9.17) is 14.2 Å². The van der Waals surface area contributed by atoms with E-state index in [9.17, 15) is 18.0 Å². The number of amides is 2. The van der Waals surface area contributed by atoms with Crippen molar-refractivity contribution in [2.24, 2.45) is 5.92 Å². The molecular formula is C34H43N3O7S. The highest BCUT2D eigenvalue weighted by Crippen LogP contribution is 2.22. The second-order valence-corrected chi connectivity index (χ2v) is 13.3. The van der Waals surface area contributed by atoms with Gasteiger partial charge >= 0.3 is 0 Å². The molecule has 45 heavy (non-hydrogen) atoms. The van der Waals surface area contributed by atoms with Crippen LogP contribution in [0.2, 0.25) is 0 Å². The highest BCUT2D eigenvalue weighted by atomic mass is 32.2. The Morgan fingerprint density at radius 3 is 2.18 bits per heavy atom. The summed E-state index contributed by atoms with van der Waals surface area (Å²) in [6.07, 6.45) is 1.14. The zero-order valence-corrected chi connectivity index (χ0v) is 27.0. The molecule has 4 rings (SSSR count). The van der Waals surface area contributed by atoms with Crippen molar-refractivity contribution in [1.29, 1.82) is 0 Å². The Balaban J connectivity index is 1.54. The lowest BCUT2D eigenvalue weighted by molar-refractivity contribution is -0.142. The Labute approximate surface area is 266 Å². The van der Waals surface area contributed by atoms with Crippen LogP contribution in [-0.4, -0.2) is 82.0 Å². The van der Waals surface area contributed by atoms with E-state index in [2.05, 4.69) is 19.2 Å². The van der Waals surface area contributed by atoms with Crippen molar-refractivity contribution in [3.8, 4) is 11.5 Å². The molecule has 3 aromatic carbocycles. The Morgan fingerprint density at radius 1 is 0.911 bits per heavy atom. The van der Waals surface area contributed by atoms with Crippen molar-refractivity contribution < 1.29 is 32.2 Å².